The maximum absolute atomic E-state index is 13.2. The van der Waals surface area contributed by atoms with Gasteiger partial charge in [-0.15, -0.1) is 22.7 Å². The summed E-state index contributed by atoms with van der Waals surface area (Å²) in [6.07, 6.45) is -4.54. The molecule has 1 N–H and O–H groups in total. The number of carbonyl (C=O) groups excluding carboxylic acids is 1. The highest BCUT2D eigenvalue weighted by Crippen LogP contribution is 2.34. The molecule has 0 radical (unpaired) electrons. The van der Waals surface area contributed by atoms with Crippen molar-refractivity contribution in [3.05, 3.63) is 75.9 Å². The van der Waals surface area contributed by atoms with Gasteiger partial charge in [-0.25, -0.2) is 4.68 Å². The molecule has 0 saturated heterocycles. The van der Waals surface area contributed by atoms with E-state index in [1.54, 1.807) is 59.3 Å². The van der Waals surface area contributed by atoms with Crippen LogP contribution in [0.2, 0.25) is 0 Å². The fourth-order valence-electron chi connectivity index (χ4n) is 2.60. The van der Waals surface area contributed by atoms with E-state index in [-0.39, 0.29) is 5.91 Å². The minimum Gasteiger partial charge on any atom is -0.321 e. The van der Waals surface area contributed by atoms with Crippen molar-refractivity contribution < 1.29 is 18.0 Å². The summed E-state index contributed by atoms with van der Waals surface area (Å²) in [5.41, 5.74) is 0.416. The molecule has 1 amide bonds. The molecule has 142 valence electrons. The number of nitrogens with one attached hydrogen (secondary N) is 1. The molecule has 3 heterocycles. The Bertz CT molecular complexity index is 1080. The summed E-state index contributed by atoms with van der Waals surface area (Å²) in [5, 5.41) is 10.1. The van der Waals surface area contributed by atoms with Crippen molar-refractivity contribution in [3.8, 4) is 16.3 Å². The Labute approximate surface area is 165 Å². The van der Waals surface area contributed by atoms with Crippen molar-refractivity contribution in [1.29, 1.82) is 0 Å². The summed E-state index contributed by atoms with van der Waals surface area (Å²) < 4.78 is 40.7. The van der Waals surface area contributed by atoms with Crippen LogP contribution < -0.4 is 5.32 Å². The van der Waals surface area contributed by atoms with Crippen molar-refractivity contribution in [2.45, 2.75) is 6.18 Å². The van der Waals surface area contributed by atoms with Crippen LogP contribution >= 0.6 is 22.7 Å². The Morgan fingerprint density at radius 2 is 1.71 bits per heavy atom. The average molecular weight is 419 g/mol. The molecule has 1 aromatic carbocycles. The van der Waals surface area contributed by atoms with Gasteiger partial charge < -0.3 is 5.32 Å². The van der Waals surface area contributed by atoms with Crippen LogP contribution in [0.25, 0.3) is 16.3 Å². The predicted molar refractivity (Wildman–Crippen MR) is 104 cm³/mol. The van der Waals surface area contributed by atoms with Crippen molar-refractivity contribution in [2.24, 2.45) is 0 Å². The van der Waals surface area contributed by atoms with E-state index < -0.39 is 11.9 Å². The standard InChI is InChI=1S/C19H12F3N3OS2/c20-19(21,22)17-11-14(15-3-1-9-27-15)25(24-17)13-7-5-12(6-8-13)23-18(26)16-4-2-10-28-16/h1-11H,(H,23,26). The minimum absolute atomic E-state index is 0.236. The van der Waals surface area contributed by atoms with Crippen LogP contribution in [0, 0.1) is 0 Å². The number of anilines is 1. The van der Waals surface area contributed by atoms with Gasteiger partial charge in [0.05, 0.1) is 21.1 Å². The van der Waals surface area contributed by atoms with E-state index >= 15 is 0 Å². The third-order valence-electron chi connectivity index (χ3n) is 3.89. The van der Waals surface area contributed by atoms with Gasteiger partial charge in [0, 0.05) is 5.69 Å². The number of benzene rings is 1. The lowest BCUT2D eigenvalue weighted by Crippen LogP contribution is -2.10. The molecule has 0 aliphatic rings. The van der Waals surface area contributed by atoms with E-state index in [9.17, 15) is 18.0 Å². The number of nitrogens with zero attached hydrogens (tertiary/aromatic N) is 2. The third-order valence-corrected chi connectivity index (χ3v) is 5.65. The van der Waals surface area contributed by atoms with Crippen molar-refractivity contribution in [3.63, 3.8) is 0 Å². The molecule has 0 aliphatic carbocycles. The van der Waals surface area contributed by atoms with Gasteiger partial charge in [0.1, 0.15) is 0 Å². The first kappa shape index (κ1) is 18.5. The number of rotatable bonds is 4. The maximum atomic E-state index is 13.2. The van der Waals surface area contributed by atoms with Gasteiger partial charge in [0.2, 0.25) is 0 Å². The summed E-state index contributed by atoms with van der Waals surface area (Å²) in [6, 6.07) is 14.6. The zero-order valence-electron chi connectivity index (χ0n) is 14.1. The second-order valence-electron chi connectivity index (χ2n) is 5.78. The highest BCUT2D eigenvalue weighted by Gasteiger charge is 2.35. The fourth-order valence-corrected chi connectivity index (χ4v) is 3.95. The second kappa shape index (κ2) is 7.25. The van der Waals surface area contributed by atoms with Crippen molar-refractivity contribution in [1.82, 2.24) is 9.78 Å². The van der Waals surface area contributed by atoms with E-state index in [4.69, 9.17) is 0 Å². The topological polar surface area (TPSA) is 46.9 Å². The molecule has 0 aliphatic heterocycles. The number of carbonyl (C=O) groups is 1. The minimum atomic E-state index is -4.54. The largest absolute Gasteiger partial charge is 0.435 e. The molecule has 4 nitrogen and oxygen atoms in total. The quantitative estimate of drug-likeness (QED) is 0.445. The first-order valence-electron chi connectivity index (χ1n) is 8.08. The second-order valence-corrected chi connectivity index (χ2v) is 7.68. The van der Waals surface area contributed by atoms with Crippen molar-refractivity contribution >= 4 is 34.3 Å². The van der Waals surface area contributed by atoms with Crippen LogP contribution in [0.3, 0.4) is 0 Å². The van der Waals surface area contributed by atoms with E-state index in [0.29, 0.717) is 26.8 Å². The lowest BCUT2D eigenvalue weighted by Gasteiger charge is -2.08. The number of halogens is 3. The number of aromatic nitrogens is 2. The lowest BCUT2D eigenvalue weighted by molar-refractivity contribution is -0.141. The third kappa shape index (κ3) is 3.71. The van der Waals surface area contributed by atoms with Gasteiger partial charge in [-0.3, -0.25) is 4.79 Å². The Balaban J connectivity index is 1.65. The highest BCUT2D eigenvalue weighted by molar-refractivity contribution is 7.13. The van der Waals surface area contributed by atoms with Crippen LogP contribution in [0.15, 0.2) is 65.4 Å². The number of hydrogen-bond donors (Lipinski definition) is 1. The molecule has 0 saturated carbocycles. The molecular formula is C19H12F3N3OS2. The van der Waals surface area contributed by atoms with Gasteiger partial charge >= 0.3 is 6.18 Å². The monoisotopic (exact) mass is 419 g/mol. The Hall–Kier alpha value is -2.91. The van der Waals surface area contributed by atoms with E-state index in [2.05, 4.69) is 10.4 Å². The normalized spacial score (nSPS) is 11.5. The summed E-state index contributed by atoms with van der Waals surface area (Å²) in [7, 11) is 0. The van der Waals surface area contributed by atoms with Crippen molar-refractivity contribution in [2.75, 3.05) is 5.32 Å². The molecule has 4 rings (SSSR count). The van der Waals surface area contributed by atoms with E-state index in [0.717, 1.165) is 6.07 Å². The molecular weight excluding hydrogens is 407 g/mol. The van der Waals surface area contributed by atoms with Crippen LogP contribution in [0.1, 0.15) is 15.4 Å². The number of amides is 1. The van der Waals surface area contributed by atoms with Gasteiger partial charge in [0.25, 0.3) is 5.91 Å². The van der Waals surface area contributed by atoms with E-state index in [1.807, 2.05) is 0 Å². The smallest absolute Gasteiger partial charge is 0.321 e. The molecule has 28 heavy (non-hydrogen) atoms. The summed E-state index contributed by atoms with van der Waals surface area (Å²) in [6.45, 7) is 0. The first-order chi connectivity index (χ1) is 13.4. The van der Waals surface area contributed by atoms with Crippen LogP contribution in [-0.4, -0.2) is 15.7 Å². The number of thiophene rings is 2. The van der Waals surface area contributed by atoms with E-state index in [1.165, 1.54) is 27.4 Å². The summed E-state index contributed by atoms with van der Waals surface area (Å²) >= 11 is 2.66. The Morgan fingerprint density at radius 3 is 2.32 bits per heavy atom. The van der Waals surface area contributed by atoms with Gasteiger partial charge in [0.15, 0.2) is 5.69 Å². The van der Waals surface area contributed by atoms with Gasteiger partial charge in [-0.1, -0.05) is 12.1 Å². The van der Waals surface area contributed by atoms with Crippen LogP contribution in [0.5, 0.6) is 0 Å². The molecule has 0 atom stereocenters. The molecule has 3 aromatic heterocycles. The molecule has 0 unspecified atom stereocenters. The number of alkyl halides is 3. The Kier molecular flexibility index (Phi) is 4.78. The number of hydrogen-bond acceptors (Lipinski definition) is 4. The molecule has 0 fully saturated rings. The zero-order valence-corrected chi connectivity index (χ0v) is 15.7. The Morgan fingerprint density at radius 1 is 1.00 bits per heavy atom. The molecule has 0 spiro atoms. The highest BCUT2D eigenvalue weighted by atomic mass is 32.1. The van der Waals surface area contributed by atoms with Gasteiger partial charge in [-0.2, -0.15) is 18.3 Å². The predicted octanol–water partition coefficient (Wildman–Crippen LogP) is 5.93. The lowest BCUT2D eigenvalue weighted by atomic mass is 10.2. The zero-order chi connectivity index (χ0) is 19.7. The molecule has 9 heteroatoms. The summed E-state index contributed by atoms with van der Waals surface area (Å²) in [4.78, 5) is 13.4. The van der Waals surface area contributed by atoms with Crippen LogP contribution in [-0.2, 0) is 6.18 Å². The SMILES string of the molecule is O=C(Nc1ccc(-n2nc(C(F)(F)F)cc2-c2cccs2)cc1)c1cccs1. The molecule has 0 bridgehead atoms. The fraction of sp³-hybridized carbons (Fsp3) is 0.0526. The maximum Gasteiger partial charge on any atom is 0.435 e. The molecule has 4 aromatic rings. The summed E-state index contributed by atoms with van der Waals surface area (Å²) in [5.74, 6) is -0.236. The van der Waals surface area contributed by atoms with Crippen LogP contribution in [0.4, 0.5) is 18.9 Å². The van der Waals surface area contributed by atoms with Gasteiger partial charge in [-0.05, 0) is 53.2 Å². The first-order valence-corrected chi connectivity index (χ1v) is 9.84. The average Bonchev–Trinajstić information content (AvgIpc) is 3.41.